The molecule has 0 bridgehead atoms. The average Bonchev–Trinajstić information content (AvgIpc) is 3.32. The molecule has 1 amide bonds. The van der Waals surface area contributed by atoms with Crippen molar-refractivity contribution in [1.29, 1.82) is 0 Å². The van der Waals surface area contributed by atoms with E-state index in [1.54, 1.807) is 16.0 Å². The first-order valence-corrected chi connectivity index (χ1v) is 8.96. The van der Waals surface area contributed by atoms with Crippen LogP contribution in [0.25, 0.3) is 17.0 Å². The van der Waals surface area contributed by atoms with Gasteiger partial charge in [-0.05, 0) is 30.5 Å². The maximum absolute atomic E-state index is 12.3. The monoisotopic (exact) mass is 349 g/mol. The highest BCUT2D eigenvalue weighted by Gasteiger charge is 2.33. The smallest absolute Gasteiger partial charge is 0.231 e. The summed E-state index contributed by atoms with van der Waals surface area (Å²) in [4.78, 5) is 21.4. The molecule has 0 unspecified atom stereocenters. The molecule has 6 nitrogen and oxygen atoms in total. The topological polar surface area (TPSA) is 75.6 Å². The lowest BCUT2D eigenvalue weighted by molar-refractivity contribution is -0.116. The number of anilines is 1. The molecule has 1 aliphatic heterocycles. The summed E-state index contributed by atoms with van der Waals surface area (Å²) in [6.07, 6.45) is 0.445. The van der Waals surface area contributed by atoms with Gasteiger partial charge in [-0.15, -0.1) is 11.3 Å². The number of aromatic nitrogens is 4. The molecule has 0 fully saturated rings. The normalized spacial score (nSPS) is 16.8. The van der Waals surface area contributed by atoms with Crippen molar-refractivity contribution in [3.63, 3.8) is 0 Å². The van der Waals surface area contributed by atoms with E-state index < -0.39 is 0 Å². The quantitative estimate of drug-likeness (QED) is 0.581. The van der Waals surface area contributed by atoms with Gasteiger partial charge in [-0.3, -0.25) is 4.79 Å². The van der Waals surface area contributed by atoms with Gasteiger partial charge in [-0.25, -0.2) is 4.98 Å². The summed E-state index contributed by atoms with van der Waals surface area (Å²) < 4.78 is 1.71. The molecule has 1 aliphatic rings. The Morgan fingerprint density at radius 1 is 1.24 bits per heavy atom. The highest BCUT2D eigenvalue weighted by molar-refractivity contribution is 7.10. The van der Waals surface area contributed by atoms with Crippen LogP contribution in [-0.2, 0) is 4.79 Å². The number of fused-ring (bicyclic) bond motifs is 2. The minimum Gasteiger partial charge on any atom is -0.322 e. The summed E-state index contributed by atoms with van der Waals surface area (Å²) >= 11 is 1.67. The summed E-state index contributed by atoms with van der Waals surface area (Å²) in [6.45, 7) is 1.98. The number of amides is 1. The van der Waals surface area contributed by atoms with Gasteiger partial charge in [0.25, 0.3) is 0 Å². The standard InChI is InChI=1S/C18H15N5OS/c1-10-16-11(14-7-4-8-25-14)9-15(24)21-17(16)23(22-10)18-19-12-5-2-3-6-13(12)20-18/h2-8,11H,9H2,1H3,(H,19,20)(H,21,24)/t11-/m1/s1. The predicted molar refractivity (Wildman–Crippen MR) is 97.4 cm³/mol. The number of carbonyl (C=O) groups is 1. The zero-order valence-corrected chi connectivity index (χ0v) is 14.3. The summed E-state index contributed by atoms with van der Waals surface area (Å²) in [5, 5.41) is 9.70. The number of imidazole rings is 1. The lowest BCUT2D eigenvalue weighted by Gasteiger charge is -2.22. The fraction of sp³-hybridized carbons (Fsp3) is 0.167. The van der Waals surface area contributed by atoms with Crippen molar-refractivity contribution < 1.29 is 4.79 Å². The zero-order valence-electron chi connectivity index (χ0n) is 13.5. The Hall–Kier alpha value is -2.93. The van der Waals surface area contributed by atoms with E-state index in [-0.39, 0.29) is 11.8 Å². The Morgan fingerprint density at radius 3 is 2.92 bits per heavy atom. The van der Waals surface area contributed by atoms with Gasteiger partial charge in [-0.1, -0.05) is 18.2 Å². The Kier molecular flexibility index (Phi) is 3.05. The molecule has 4 aromatic rings. The number of hydrogen-bond donors (Lipinski definition) is 2. The first-order chi connectivity index (χ1) is 12.2. The third kappa shape index (κ3) is 2.20. The number of benzene rings is 1. The number of nitrogens with one attached hydrogen (secondary N) is 2. The number of rotatable bonds is 2. The first-order valence-electron chi connectivity index (χ1n) is 8.08. The van der Waals surface area contributed by atoms with Gasteiger partial charge in [0.2, 0.25) is 11.9 Å². The second-order valence-corrected chi connectivity index (χ2v) is 7.14. The Labute approximate surface area is 147 Å². The van der Waals surface area contributed by atoms with Crippen molar-refractivity contribution in [3.8, 4) is 5.95 Å². The molecular weight excluding hydrogens is 334 g/mol. The largest absolute Gasteiger partial charge is 0.322 e. The van der Waals surface area contributed by atoms with Crippen LogP contribution in [0.4, 0.5) is 5.82 Å². The van der Waals surface area contributed by atoms with E-state index in [1.807, 2.05) is 42.6 Å². The Balaban J connectivity index is 1.70. The lowest BCUT2D eigenvalue weighted by atomic mass is 9.91. The molecule has 1 aromatic carbocycles. The highest BCUT2D eigenvalue weighted by atomic mass is 32.1. The van der Waals surface area contributed by atoms with Crippen LogP contribution in [0.15, 0.2) is 41.8 Å². The van der Waals surface area contributed by atoms with E-state index in [1.165, 1.54) is 4.88 Å². The first kappa shape index (κ1) is 14.4. The van der Waals surface area contributed by atoms with Crippen molar-refractivity contribution in [2.24, 2.45) is 0 Å². The van der Waals surface area contributed by atoms with Crippen LogP contribution in [0.1, 0.15) is 28.5 Å². The maximum Gasteiger partial charge on any atom is 0.231 e. The van der Waals surface area contributed by atoms with E-state index in [4.69, 9.17) is 0 Å². The van der Waals surface area contributed by atoms with E-state index in [9.17, 15) is 4.79 Å². The molecule has 3 aromatic heterocycles. The SMILES string of the molecule is Cc1nn(-c2nc3ccccc3[nH]2)c2c1[C@@H](c1cccs1)CC(=O)N2. The summed E-state index contributed by atoms with van der Waals surface area (Å²) in [5.41, 5.74) is 3.80. The van der Waals surface area contributed by atoms with E-state index in [2.05, 4.69) is 26.4 Å². The number of H-pyrrole nitrogens is 1. The lowest BCUT2D eigenvalue weighted by Crippen LogP contribution is -2.24. The number of aromatic amines is 1. The zero-order chi connectivity index (χ0) is 17.0. The molecule has 0 saturated heterocycles. The van der Waals surface area contributed by atoms with Crippen LogP contribution in [0, 0.1) is 6.92 Å². The number of aryl methyl sites for hydroxylation is 1. The maximum atomic E-state index is 12.3. The molecule has 5 rings (SSSR count). The van der Waals surface area contributed by atoms with E-state index >= 15 is 0 Å². The number of para-hydroxylation sites is 2. The highest BCUT2D eigenvalue weighted by Crippen LogP contribution is 2.41. The van der Waals surface area contributed by atoms with Crippen molar-refractivity contribution in [3.05, 3.63) is 57.9 Å². The van der Waals surface area contributed by atoms with Crippen LogP contribution in [0.2, 0.25) is 0 Å². The number of thiophene rings is 1. The Bertz CT molecular complexity index is 1060. The van der Waals surface area contributed by atoms with Crippen molar-refractivity contribution in [1.82, 2.24) is 19.7 Å². The van der Waals surface area contributed by atoms with Gasteiger partial charge in [0.05, 0.1) is 16.7 Å². The third-order valence-corrected chi connectivity index (χ3v) is 5.55. The third-order valence-electron chi connectivity index (χ3n) is 4.57. The minimum atomic E-state index is 0.00293. The summed E-state index contributed by atoms with van der Waals surface area (Å²) in [5.74, 6) is 1.37. The van der Waals surface area contributed by atoms with Crippen molar-refractivity contribution in [2.45, 2.75) is 19.3 Å². The molecular formula is C18H15N5OS. The molecule has 0 radical (unpaired) electrons. The van der Waals surface area contributed by atoms with Crippen molar-refractivity contribution >= 4 is 34.1 Å². The number of hydrogen-bond acceptors (Lipinski definition) is 4. The Morgan fingerprint density at radius 2 is 2.12 bits per heavy atom. The molecule has 0 spiro atoms. The van der Waals surface area contributed by atoms with Gasteiger partial charge < -0.3 is 10.3 Å². The molecule has 0 saturated carbocycles. The van der Waals surface area contributed by atoms with Gasteiger partial charge >= 0.3 is 0 Å². The molecule has 7 heteroatoms. The molecule has 124 valence electrons. The van der Waals surface area contributed by atoms with Crippen LogP contribution >= 0.6 is 11.3 Å². The molecule has 0 aliphatic carbocycles. The van der Waals surface area contributed by atoms with E-state index in [0.717, 1.165) is 22.3 Å². The van der Waals surface area contributed by atoms with Gasteiger partial charge in [0.1, 0.15) is 5.82 Å². The van der Waals surface area contributed by atoms with Crippen LogP contribution < -0.4 is 5.32 Å². The predicted octanol–water partition coefficient (Wildman–Crippen LogP) is 3.59. The molecule has 25 heavy (non-hydrogen) atoms. The van der Waals surface area contributed by atoms with Gasteiger partial charge in [-0.2, -0.15) is 9.78 Å². The van der Waals surface area contributed by atoms with Crippen LogP contribution in [0.3, 0.4) is 0 Å². The van der Waals surface area contributed by atoms with Crippen molar-refractivity contribution in [2.75, 3.05) is 5.32 Å². The second kappa shape index (κ2) is 5.29. The van der Waals surface area contributed by atoms with Gasteiger partial charge in [0, 0.05) is 22.8 Å². The average molecular weight is 349 g/mol. The van der Waals surface area contributed by atoms with Gasteiger partial charge in [0.15, 0.2) is 0 Å². The van der Waals surface area contributed by atoms with E-state index in [0.29, 0.717) is 18.2 Å². The molecule has 2 N–H and O–H groups in total. The summed E-state index contributed by atoms with van der Waals surface area (Å²) in [6, 6.07) is 11.9. The summed E-state index contributed by atoms with van der Waals surface area (Å²) in [7, 11) is 0. The molecule has 4 heterocycles. The minimum absolute atomic E-state index is 0.00293. The number of nitrogens with zero attached hydrogens (tertiary/aromatic N) is 3. The fourth-order valence-electron chi connectivity index (χ4n) is 3.47. The second-order valence-electron chi connectivity index (χ2n) is 6.16. The molecule has 1 atom stereocenters. The van der Waals surface area contributed by atoms with Crippen LogP contribution in [0.5, 0.6) is 0 Å². The number of carbonyl (C=O) groups excluding carboxylic acids is 1. The fourth-order valence-corrected chi connectivity index (χ4v) is 4.31. The van der Waals surface area contributed by atoms with Crippen LogP contribution in [-0.4, -0.2) is 25.7 Å².